The van der Waals surface area contributed by atoms with Crippen LogP contribution < -0.4 is 4.74 Å². The lowest BCUT2D eigenvalue weighted by Crippen LogP contribution is -2.40. The van der Waals surface area contributed by atoms with Gasteiger partial charge in [-0.25, -0.2) is 4.98 Å². The van der Waals surface area contributed by atoms with Crippen molar-refractivity contribution < 1.29 is 4.74 Å². The number of rotatable bonds is 8. The molecule has 1 aliphatic rings. The van der Waals surface area contributed by atoms with Gasteiger partial charge in [-0.1, -0.05) is 12.1 Å². The summed E-state index contributed by atoms with van der Waals surface area (Å²) in [5.74, 6) is 2.74. The molecule has 0 bridgehead atoms. The fourth-order valence-corrected chi connectivity index (χ4v) is 3.73. The monoisotopic (exact) mass is 342 g/mol. The Kier molecular flexibility index (Phi) is 6.48. The van der Waals surface area contributed by atoms with Crippen molar-refractivity contribution in [3.8, 4) is 5.75 Å². The summed E-state index contributed by atoms with van der Waals surface area (Å²) in [4.78, 5) is 12.5. The van der Waals surface area contributed by atoms with E-state index in [0.29, 0.717) is 0 Å². The standard InChI is InChI=1S/C20H30N4O/c1-23(16-20-21-10-11-22-20)14-18-4-3-12-24(15-18)13-9-17-5-7-19(25-2)8-6-17/h5-8,10-11,18H,3-4,9,12-16H2,1-2H3,(H,21,22)/t18-/m0/s1. The lowest BCUT2D eigenvalue weighted by molar-refractivity contribution is 0.141. The number of nitrogens with one attached hydrogen (secondary N) is 1. The molecule has 1 atom stereocenters. The zero-order valence-electron chi connectivity index (χ0n) is 15.4. The fourth-order valence-electron chi connectivity index (χ4n) is 3.73. The summed E-state index contributed by atoms with van der Waals surface area (Å²) >= 11 is 0. The average molecular weight is 342 g/mol. The average Bonchev–Trinajstić information content (AvgIpc) is 3.13. The Morgan fingerprint density at radius 1 is 1.32 bits per heavy atom. The Hall–Kier alpha value is -1.85. The number of methoxy groups -OCH3 is 1. The van der Waals surface area contributed by atoms with Crippen molar-refractivity contribution in [1.82, 2.24) is 19.8 Å². The van der Waals surface area contributed by atoms with Gasteiger partial charge in [0, 0.05) is 32.0 Å². The predicted molar refractivity (Wildman–Crippen MR) is 101 cm³/mol. The third-order valence-electron chi connectivity index (χ3n) is 5.02. The molecule has 1 aromatic carbocycles. The molecule has 0 spiro atoms. The van der Waals surface area contributed by atoms with E-state index < -0.39 is 0 Å². The van der Waals surface area contributed by atoms with Crippen LogP contribution in [-0.2, 0) is 13.0 Å². The topological polar surface area (TPSA) is 44.4 Å². The van der Waals surface area contributed by atoms with Gasteiger partial charge in [0.2, 0.25) is 0 Å². The number of H-pyrrole nitrogens is 1. The summed E-state index contributed by atoms with van der Waals surface area (Å²) in [7, 11) is 3.91. The van der Waals surface area contributed by atoms with Crippen LogP contribution in [-0.4, -0.2) is 60.1 Å². The SMILES string of the molecule is COc1ccc(CCN2CCC[C@@H](CN(C)Cc3ncc[nH]3)C2)cc1. The van der Waals surface area contributed by atoms with Crippen LogP contribution in [0.2, 0.25) is 0 Å². The number of nitrogens with zero attached hydrogens (tertiary/aromatic N) is 3. The molecule has 3 rings (SSSR count). The normalized spacial score (nSPS) is 18.6. The highest BCUT2D eigenvalue weighted by Gasteiger charge is 2.21. The smallest absolute Gasteiger partial charge is 0.120 e. The van der Waals surface area contributed by atoms with Gasteiger partial charge in [0.05, 0.1) is 13.7 Å². The molecule has 0 aliphatic carbocycles. The minimum Gasteiger partial charge on any atom is -0.497 e. The van der Waals surface area contributed by atoms with E-state index >= 15 is 0 Å². The lowest BCUT2D eigenvalue weighted by Gasteiger charge is -2.34. The van der Waals surface area contributed by atoms with Crippen molar-refractivity contribution in [2.45, 2.75) is 25.8 Å². The quantitative estimate of drug-likeness (QED) is 0.801. The van der Waals surface area contributed by atoms with E-state index in [1.807, 2.05) is 12.4 Å². The van der Waals surface area contributed by atoms with Gasteiger partial charge >= 0.3 is 0 Å². The van der Waals surface area contributed by atoms with Crippen molar-refractivity contribution in [1.29, 1.82) is 0 Å². The molecular weight excluding hydrogens is 312 g/mol. The number of piperidine rings is 1. The second-order valence-corrected chi connectivity index (χ2v) is 7.14. The van der Waals surface area contributed by atoms with Crippen molar-refractivity contribution in [2.75, 3.05) is 40.3 Å². The van der Waals surface area contributed by atoms with E-state index in [9.17, 15) is 0 Å². The van der Waals surface area contributed by atoms with Gasteiger partial charge in [0.15, 0.2) is 0 Å². The molecule has 1 fully saturated rings. The van der Waals surface area contributed by atoms with Crippen LogP contribution in [0.4, 0.5) is 0 Å². The minimum absolute atomic E-state index is 0.754. The second kappa shape index (κ2) is 9.02. The summed E-state index contributed by atoms with van der Waals surface area (Å²) in [5.41, 5.74) is 1.39. The van der Waals surface area contributed by atoms with E-state index in [-0.39, 0.29) is 0 Å². The Morgan fingerprint density at radius 3 is 2.88 bits per heavy atom. The third kappa shape index (κ3) is 5.58. The molecule has 5 nitrogen and oxygen atoms in total. The Balaban J connectivity index is 1.42. The molecule has 1 N–H and O–H groups in total. The number of likely N-dealkylation sites (tertiary alicyclic amines) is 1. The van der Waals surface area contributed by atoms with Crippen LogP contribution in [0, 0.1) is 5.92 Å². The van der Waals surface area contributed by atoms with E-state index in [1.54, 1.807) is 7.11 Å². The molecule has 2 heterocycles. The molecule has 25 heavy (non-hydrogen) atoms. The van der Waals surface area contributed by atoms with Gasteiger partial charge in [0.1, 0.15) is 11.6 Å². The molecular formula is C20H30N4O. The predicted octanol–water partition coefficient (Wildman–Crippen LogP) is 2.80. The van der Waals surface area contributed by atoms with Crippen molar-refractivity contribution in [3.05, 3.63) is 48.0 Å². The summed E-state index contributed by atoms with van der Waals surface area (Å²) in [6, 6.07) is 8.46. The molecule has 0 amide bonds. The van der Waals surface area contributed by atoms with Gasteiger partial charge < -0.3 is 14.6 Å². The molecule has 5 heteroatoms. The highest BCUT2D eigenvalue weighted by atomic mass is 16.5. The second-order valence-electron chi connectivity index (χ2n) is 7.14. The van der Waals surface area contributed by atoms with Crippen molar-refractivity contribution in [3.63, 3.8) is 0 Å². The summed E-state index contributed by atoms with van der Waals surface area (Å²) in [6.45, 7) is 5.62. The number of ether oxygens (including phenoxy) is 1. The van der Waals surface area contributed by atoms with E-state index in [2.05, 4.69) is 51.1 Å². The van der Waals surface area contributed by atoms with E-state index in [4.69, 9.17) is 4.74 Å². The van der Waals surface area contributed by atoms with Gasteiger partial charge in [-0.15, -0.1) is 0 Å². The van der Waals surface area contributed by atoms with Gasteiger partial charge in [0.25, 0.3) is 0 Å². The Morgan fingerprint density at radius 2 is 2.16 bits per heavy atom. The first kappa shape index (κ1) is 18.0. The van der Waals surface area contributed by atoms with Crippen LogP contribution in [0.5, 0.6) is 5.75 Å². The van der Waals surface area contributed by atoms with Crippen molar-refractivity contribution >= 4 is 0 Å². The molecule has 136 valence electrons. The summed E-state index contributed by atoms with van der Waals surface area (Å²) < 4.78 is 5.23. The zero-order chi connectivity index (χ0) is 17.5. The molecule has 1 aromatic heterocycles. The first-order chi connectivity index (χ1) is 12.2. The number of hydrogen-bond donors (Lipinski definition) is 1. The van der Waals surface area contributed by atoms with E-state index in [0.717, 1.165) is 43.5 Å². The molecule has 1 aliphatic heterocycles. The summed E-state index contributed by atoms with van der Waals surface area (Å²) in [5, 5.41) is 0. The van der Waals surface area contributed by atoms with Crippen molar-refractivity contribution in [2.24, 2.45) is 5.92 Å². The maximum Gasteiger partial charge on any atom is 0.120 e. The maximum absolute atomic E-state index is 5.23. The number of aromatic amines is 1. The molecule has 2 aromatic rings. The molecule has 0 radical (unpaired) electrons. The van der Waals surface area contributed by atoms with Crippen LogP contribution in [0.25, 0.3) is 0 Å². The number of benzene rings is 1. The van der Waals surface area contributed by atoms with Gasteiger partial charge in [-0.2, -0.15) is 0 Å². The largest absolute Gasteiger partial charge is 0.497 e. The maximum atomic E-state index is 5.23. The molecule has 1 saturated heterocycles. The highest BCUT2D eigenvalue weighted by Crippen LogP contribution is 2.19. The van der Waals surface area contributed by atoms with Crippen LogP contribution in [0.1, 0.15) is 24.2 Å². The van der Waals surface area contributed by atoms with E-state index in [1.165, 1.54) is 31.5 Å². The first-order valence-corrected chi connectivity index (χ1v) is 9.25. The Labute approximate surface area is 151 Å². The highest BCUT2D eigenvalue weighted by molar-refractivity contribution is 5.27. The number of imidazole rings is 1. The fraction of sp³-hybridized carbons (Fsp3) is 0.550. The number of hydrogen-bond acceptors (Lipinski definition) is 4. The minimum atomic E-state index is 0.754. The lowest BCUT2D eigenvalue weighted by atomic mass is 9.97. The molecule has 0 saturated carbocycles. The van der Waals surface area contributed by atoms with Gasteiger partial charge in [-0.05, 0) is 56.5 Å². The zero-order valence-corrected chi connectivity index (χ0v) is 15.4. The molecule has 0 unspecified atom stereocenters. The number of aromatic nitrogens is 2. The summed E-state index contributed by atoms with van der Waals surface area (Å²) in [6.07, 6.45) is 7.47. The van der Waals surface area contributed by atoms with Crippen LogP contribution in [0.3, 0.4) is 0 Å². The Bertz CT molecular complexity index is 611. The van der Waals surface area contributed by atoms with Crippen LogP contribution >= 0.6 is 0 Å². The first-order valence-electron chi connectivity index (χ1n) is 9.25. The third-order valence-corrected chi connectivity index (χ3v) is 5.02. The van der Waals surface area contributed by atoms with Crippen LogP contribution in [0.15, 0.2) is 36.7 Å². The van der Waals surface area contributed by atoms with Gasteiger partial charge in [-0.3, -0.25) is 4.90 Å².